The molecule has 0 spiro atoms. The van der Waals surface area contributed by atoms with Gasteiger partial charge in [-0.05, 0) is 17.7 Å². The number of imidazole rings is 1. The molecule has 3 nitrogen and oxygen atoms in total. The Balaban J connectivity index is 1.74. The molecule has 0 aliphatic heterocycles. The Hall–Kier alpha value is -2.81. The minimum absolute atomic E-state index is 0.825. The zero-order valence-electron chi connectivity index (χ0n) is 11.5. The van der Waals surface area contributed by atoms with Gasteiger partial charge in [0.2, 0.25) is 0 Å². The van der Waals surface area contributed by atoms with Crippen LogP contribution >= 0.6 is 0 Å². The predicted molar refractivity (Wildman–Crippen MR) is 85.1 cm³/mol. The third-order valence-electron chi connectivity index (χ3n) is 3.71. The molecule has 1 N–H and O–H groups in total. The highest BCUT2D eigenvalue weighted by atomic mass is 15.1. The van der Waals surface area contributed by atoms with E-state index in [0.717, 1.165) is 23.4 Å². The van der Waals surface area contributed by atoms with Crippen molar-refractivity contribution in [1.29, 1.82) is 0 Å². The summed E-state index contributed by atoms with van der Waals surface area (Å²) in [5.74, 6) is 0. The minimum Gasteiger partial charge on any atom is -0.353 e. The SMILES string of the molecule is c1ccc(Cn2cncc2-c2cc3ccccc3[nH]2)cc1. The van der Waals surface area contributed by atoms with Gasteiger partial charge in [0.25, 0.3) is 0 Å². The Morgan fingerprint density at radius 1 is 0.952 bits per heavy atom. The average molecular weight is 273 g/mol. The Labute approximate surface area is 122 Å². The van der Waals surface area contributed by atoms with E-state index in [1.54, 1.807) is 0 Å². The van der Waals surface area contributed by atoms with Crippen LogP contribution in [0.25, 0.3) is 22.3 Å². The van der Waals surface area contributed by atoms with Crippen LogP contribution in [0.2, 0.25) is 0 Å². The number of rotatable bonds is 3. The summed E-state index contributed by atoms with van der Waals surface area (Å²) in [7, 11) is 0. The van der Waals surface area contributed by atoms with E-state index in [9.17, 15) is 0 Å². The molecule has 0 radical (unpaired) electrons. The van der Waals surface area contributed by atoms with E-state index >= 15 is 0 Å². The summed E-state index contributed by atoms with van der Waals surface area (Å²) in [5, 5.41) is 1.22. The minimum atomic E-state index is 0.825. The molecule has 0 atom stereocenters. The molecular weight excluding hydrogens is 258 g/mol. The summed E-state index contributed by atoms with van der Waals surface area (Å²) in [5.41, 5.74) is 4.63. The Morgan fingerprint density at radius 3 is 2.62 bits per heavy atom. The number of para-hydroxylation sites is 1. The Morgan fingerprint density at radius 2 is 1.76 bits per heavy atom. The van der Waals surface area contributed by atoms with Crippen LogP contribution in [-0.4, -0.2) is 14.5 Å². The number of nitrogens with one attached hydrogen (secondary N) is 1. The van der Waals surface area contributed by atoms with Gasteiger partial charge >= 0.3 is 0 Å². The predicted octanol–water partition coefficient (Wildman–Crippen LogP) is 4.08. The topological polar surface area (TPSA) is 33.6 Å². The van der Waals surface area contributed by atoms with Crippen LogP contribution in [0.3, 0.4) is 0 Å². The number of aromatic amines is 1. The summed E-state index contributed by atoms with van der Waals surface area (Å²) in [4.78, 5) is 7.77. The van der Waals surface area contributed by atoms with E-state index in [1.807, 2.05) is 24.7 Å². The first-order valence-electron chi connectivity index (χ1n) is 7.02. The summed E-state index contributed by atoms with van der Waals surface area (Å²) < 4.78 is 2.17. The second-order valence-corrected chi connectivity index (χ2v) is 5.16. The molecule has 102 valence electrons. The highest BCUT2D eigenvalue weighted by Crippen LogP contribution is 2.24. The summed E-state index contributed by atoms with van der Waals surface area (Å²) in [6.07, 6.45) is 3.79. The molecule has 0 aliphatic carbocycles. The van der Waals surface area contributed by atoms with Crippen molar-refractivity contribution in [2.45, 2.75) is 6.54 Å². The lowest BCUT2D eigenvalue weighted by molar-refractivity contribution is 0.803. The van der Waals surface area contributed by atoms with Gasteiger partial charge in [-0.3, -0.25) is 0 Å². The van der Waals surface area contributed by atoms with Gasteiger partial charge in [-0.1, -0.05) is 48.5 Å². The first-order valence-corrected chi connectivity index (χ1v) is 7.02. The Bertz CT molecular complexity index is 839. The van der Waals surface area contributed by atoms with Gasteiger partial charge in [0.1, 0.15) is 0 Å². The molecule has 0 bridgehead atoms. The lowest BCUT2D eigenvalue weighted by Crippen LogP contribution is -2.00. The van der Waals surface area contributed by atoms with Crippen LogP contribution in [0.5, 0.6) is 0 Å². The average Bonchev–Trinajstić information content (AvgIpc) is 3.14. The van der Waals surface area contributed by atoms with Gasteiger partial charge in [-0.25, -0.2) is 4.98 Å². The highest BCUT2D eigenvalue weighted by Gasteiger charge is 2.08. The molecule has 2 aromatic heterocycles. The van der Waals surface area contributed by atoms with Crippen LogP contribution in [0, 0.1) is 0 Å². The lowest BCUT2D eigenvalue weighted by Gasteiger charge is -2.06. The third-order valence-corrected chi connectivity index (χ3v) is 3.71. The monoisotopic (exact) mass is 273 g/mol. The smallest absolute Gasteiger partial charge is 0.0954 e. The molecule has 0 unspecified atom stereocenters. The standard InChI is InChI=1S/C18H15N3/c1-2-6-14(7-3-1)12-21-13-19-11-18(21)17-10-15-8-4-5-9-16(15)20-17/h1-11,13,20H,12H2. The molecule has 0 fully saturated rings. The Kier molecular flexibility index (Phi) is 2.82. The van der Waals surface area contributed by atoms with E-state index in [0.29, 0.717) is 0 Å². The van der Waals surface area contributed by atoms with Gasteiger partial charge in [0.05, 0.1) is 23.9 Å². The number of benzene rings is 2. The summed E-state index contributed by atoms with van der Waals surface area (Å²) >= 11 is 0. The maximum Gasteiger partial charge on any atom is 0.0954 e. The molecule has 0 saturated carbocycles. The second kappa shape index (κ2) is 4.94. The van der Waals surface area contributed by atoms with Crippen LogP contribution in [0.15, 0.2) is 73.2 Å². The zero-order valence-corrected chi connectivity index (χ0v) is 11.5. The van der Waals surface area contributed by atoms with Gasteiger partial charge in [0.15, 0.2) is 0 Å². The van der Waals surface area contributed by atoms with Crippen LogP contribution in [-0.2, 0) is 6.54 Å². The molecule has 0 saturated heterocycles. The first-order chi connectivity index (χ1) is 10.4. The van der Waals surface area contributed by atoms with Crippen molar-refractivity contribution >= 4 is 10.9 Å². The van der Waals surface area contributed by atoms with E-state index in [2.05, 4.69) is 63.1 Å². The van der Waals surface area contributed by atoms with Gasteiger partial charge in [0, 0.05) is 17.4 Å². The molecule has 2 aromatic carbocycles. The maximum absolute atomic E-state index is 4.31. The normalized spacial score (nSPS) is 11.0. The van der Waals surface area contributed by atoms with Gasteiger partial charge in [-0.15, -0.1) is 0 Å². The van der Waals surface area contributed by atoms with Crippen LogP contribution < -0.4 is 0 Å². The van der Waals surface area contributed by atoms with Crippen molar-refractivity contribution in [1.82, 2.24) is 14.5 Å². The fourth-order valence-corrected chi connectivity index (χ4v) is 2.66. The van der Waals surface area contributed by atoms with Crippen molar-refractivity contribution in [3.05, 3.63) is 78.8 Å². The van der Waals surface area contributed by atoms with E-state index in [4.69, 9.17) is 0 Å². The highest BCUT2D eigenvalue weighted by molar-refractivity contribution is 5.85. The van der Waals surface area contributed by atoms with Gasteiger partial charge < -0.3 is 9.55 Å². The molecule has 4 rings (SSSR count). The van der Waals surface area contributed by atoms with Crippen molar-refractivity contribution in [2.75, 3.05) is 0 Å². The third kappa shape index (κ3) is 2.23. The molecule has 0 amide bonds. The zero-order chi connectivity index (χ0) is 14.1. The quantitative estimate of drug-likeness (QED) is 0.599. The fraction of sp³-hybridized carbons (Fsp3) is 0.0556. The summed E-state index contributed by atoms with van der Waals surface area (Å²) in [6, 6.07) is 20.9. The van der Waals surface area contributed by atoms with E-state index in [-0.39, 0.29) is 0 Å². The molecule has 4 aromatic rings. The fourth-order valence-electron chi connectivity index (χ4n) is 2.66. The molecule has 0 aliphatic rings. The van der Waals surface area contributed by atoms with E-state index in [1.165, 1.54) is 10.9 Å². The van der Waals surface area contributed by atoms with E-state index < -0.39 is 0 Å². The number of aromatic nitrogens is 3. The number of fused-ring (bicyclic) bond motifs is 1. The van der Waals surface area contributed by atoms with Crippen molar-refractivity contribution in [2.24, 2.45) is 0 Å². The number of nitrogens with zero attached hydrogens (tertiary/aromatic N) is 2. The maximum atomic E-state index is 4.31. The molecule has 21 heavy (non-hydrogen) atoms. The second-order valence-electron chi connectivity index (χ2n) is 5.16. The van der Waals surface area contributed by atoms with Crippen LogP contribution in [0.4, 0.5) is 0 Å². The molecule has 3 heteroatoms. The van der Waals surface area contributed by atoms with Crippen LogP contribution in [0.1, 0.15) is 5.56 Å². The van der Waals surface area contributed by atoms with Crippen molar-refractivity contribution < 1.29 is 0 Å². The van der Waals surface area contributed by atoms with Gasteiger partial charge in [-0.2, -0.15) is 0 Å². The molecular formula is C18H15N3. The first kappa shape index (κ1) is 12.0. The lowest BCUT2D eigenvalue weighted by atomic mass is 10.2. The largest absolute Gasteiger partial charge is 0.353 e. The number of hydrogen-bond acceptors (Lipinski definition) is 1. The van der Waals surface area contributed by atoms with Crippen molar-refractivity contribution in [3.8, 4) is 11.4 Å². The summed E-state index contributed by atoms with van der Waals surface area (Å²) in [6.45, 7) is 0.825. The number of hydrogen-bond donors (Lipinski definition) is 1. The molecule has 2 heterocycles. The number of H-pyrrole nitrogens is 1. The van der Waals surface area contributed by atoms with Crippen molar-refractivity contribution in [3.63, 3.8) is 0 Å².